The maximum absolute atomic E-state index is 12.0. The summed E-state index contributed by atoms with van der Waals surface area (Å²) in [5.74, 6) is 0.962. The van der Waals surface area contributed by atoms with Crippen LogP contribution in [0.15, 0.2) is 42.5 Å². The van der Waals surface area contributed by atoms with Gasteiger partial charge in [-0.05, 0) is 41.5 Å². The van der Waals surface area contributed by atoms with Crippen molar-refractivity contribution >= 4 is 29.3 Å². The molecular formula is C19H19ClN2O3. The number of anilines is 1. The van der Waals surface area contributed by atoms with E-state index < -0.39 is 0 Å². The van der Waals surface area contributed by atoms with E-state index in [0.717, 1.165) is 16.8 Å². The number of carbonyl (C=O) groups excluding carboxylic acids is 1. The van der Waals surface area contributed by atoms with Crippen LogP contribution in [0.25, 0.3) is 6.08 Å². The van der Waals surface area contributed by atoms with E-state index in [1.54, 1.807) is 18.2 Å². The molecular weight excluding hydrogens is 340 g/mol. The molecule has 1 heterocycles. The van der Waals surface area contributed by atoms with Gasteiger partial charge in [-0.3, -0.25) is 4.79 Å². The Balaban J connectivity index is 1.57. The lowest BCUT2D eigenvalue weighted by Crippen LogP contribution is -2.20. The molecule has 2 aromatic carbocycles. The molecule has 0 unspecified atom stereocenters. The third-order valence-electron chi connectivity index (χ3n) is 3.80. The minimum Gasteiger partial charge on any atom is -0.454 e. The SMILES string of the molecule is CN(C)c1ccc(CNC(=O)/C=C/c2cc(Cl)c3c(c2)OCO3)cc1. The molecule has 0 saturated carbocycles. The number of fused-ring (bicyclic) bond motifs is 1. The Morgan fingerprint density at radius 1 is 1.24 bits per heavy atom. The van der Waals surface area contributed by atoms with Crippen molar-refractivity contribution in [2.45, 2.75) is 6.54 Å². The Hall–Kier alpha value is -2.66. The van der Waals surface area contributed by atoms with E-state index in [9.17, 15) is 4.79 Å². The predicted octanol–water partition coefficient (Wildman–Crippen LogP) is 3.46. The number of nitrogens with zero attached hydrogens (tertiary/aromatic N) is 1. The monoisotopic (exact) mass is 358 g/mol. The molecule has 0 spiro atoms. The van der Waals surface area contributed by atoms with E-state index in [-0.39, 0.29) is 12.7 Å². The van der Waals surface area contributed by atoms with Crippen LogP contribution in [0.2, 0.25) is 5.02 Å². The Morgan fingerprint density at radius 3 is 2.72 bits per heavy atom. The number of hydrogen-bond donors (Lipinski definition) is 1. The smallest absolute Gasteiger partial charge is 0.244 e. The molecule has 25 heavy (non-hydrogen) atoms. The first-order chi connectivity index (χ1) is 12.0. The van der Waals surface area contributed by atoms with Gasteiger partial charge in [-0.1, -0.05) is 23.7 Å². The Morgan fingerprint density at radius 2 is 2.00 bits per heavy atom. The number of halogens is 1. The summed E-state index contributed by atoms with van der Waals surface area (Å²) < 4.78 is 10.6. The molecule has 130 valence electrons. The van der Waals surface area contributed by atoms with Crippen LogP contribution in [0.1, 0.15) is 11.1 Å². The summed E-state index contributed by atoms with van der Waals surface area (Å²) in [4.78, 5) is 14.0. The third-order valence-corrected chi connectivity index (χ3v) is 4.08. The van der Waals surface area contributed by atoms with Gasteiger partial charge >= 0.3 is 0 Å². The van der Waals surface area contributed by atoms with Crippen LogP contribution >= 0.6 is 11.6 Å². The van der Waals surface area contributed by atoms with E-state index in [1.165, 1.54) is 6.08 Å². The van der Waals surface area contributed by atoms with Crippen LogP contribution in [0.3, 0.4) is 0 Å². The van der Waals surface area contributed by atoms with Gasteiger partial charge in [0, 0.05) is 32.4 Å². The molecule has 1 aliphatic heterocycles. The largest absolute Gasteiger partial charge is 0.454 e. The fraction of sp³-hybridized carbons (Fsp3) is 0.211. The van der Waals surface area contributed by atoms with Gasteiger partial charge in [-0.25, -0.2) is 0 Å². The highest BCUT2D eigenvalue weighted by Crippen LogP contribution is 2.40. The second-order valence-electron chi connectivity index (χ2n) is 5.85. The summed E-state index contributed by atoms with van der Waals surface area (Å²) in [5, 5.41) is 3.33. The first-order valence-corrected chi connectivity index (χ1v) is 8.22. The van der Waals surface area contributed by atoms with Gasteiger partial charge in [-0.2, -0.15) is 0 Å². The number of benzene rings is 2. The van der Waals surface area contributed by atoms with Gasteiger partial charge in [0.25, 0.3) is 0 Å². The van der Waals surface area contributed by atoms with Crippen molar-refractivity contribution in [1.82, 2.24) is 5.32 Å². The second kappa shape index (κ2) is 7.49. The van der Waals surface area contributed by atoms with E-state index >= 15 is 0 Å². The predicted molar refractivity (Wildman–Crippen MR) is 99.2 cm³/mol. The minimum absolute atomic E-state index is 0.162. The van der Waals surface area contributed by atoms with Gasteiger partial charge in [0.1, 0.15) is 0 Å². The van der Waals surface area contributed by atoms with Crippen molar-refractivity contribution in [2.24, 2.45) is 0 Å². The molecule has 3 rings (SSSR count). The van der Waals surface area contributed by atoms with Crippen LogP contribution in [0.4, 0.5) is 5.69 Å². The molecule has 1 aliphatic rings. The molecule has 0 radical (unpaired) electrons. The van der Waals surface area contributed by atoms with Gasteiger partial charge in [-0.15, -0.1) is 0 Å². The number of amides is 1. The highest BCUT2D eigenvalue weighted by molar-refractivity contribution is 6.32. The highest BCUT2D eigenvalue weighted by Gasteiger charge is 2.17. The lowest BCUT2D eigenvalue weighted by molar-refractivity contribution is -0.116. The molecule has 1 amide bonds. The summed E-state index contributed by atoms with van der Waals surface area (Å²) in [6, 6.07) is 11.6. The summed E-state index contributed by atoms with van der Waals surface area (Å²) in [5.41, 5.74) is 2.94. The van der Waals surface area contributed by atoms with Crippen LogP contribution in [-0.4, -0.2) is 26.8 Å². The molecule has 0 bridgehead atoms. The van der Waals surface area contributed by atoms with Crippen molar-refractivity contribution in [1.29, 1.82) is 0 Å². The molecule has 0 saturated heterocycles. The van der Waals surface area contributed by atoms with Gasteiger partial charge in [0.05, 0.1) is 5.02 Å². The quantitative estimate of drug-likeness (QED) is 0.831. The minimum atomic E-state index is -0.175. The number of ether oxygens (including phenoxy) is 2. The summed E-state index contributed by atoms with van der Waals surface area (Å²) in [7, 11) is 3.98. The average molecular weight is 359 g/mol. The summed E-state index contributed by atoms with van der Waals surface area (Å²) >= 11 is 6.12. The van der Waals surface area contributed by atoms with E-state index in [0.29, 0.717) is 23.1 Å². The Kier molecular flexibility index (Phi) is 5.14. The van der Waals surface area contributed by atoms with E-state index in [1.807, 2.05) is 43.3 Å². The molecule has 0 atom stereocenters. The zero-order valence-electron chi connectivity index (χ0n) is 14.1. The Bertz CT molecular complexity index is 801. The lowest BCUT2D eigenvalue weighted by atomic mass is 10.2. The van der Waals surface area contributed by atoms with Gasteiger partial charge in [0.2, 0.25) is 12.7 Å². The number of carbonyl (C=O) groups is 1. The van der Waals surface area contributed by atoms with Gasteiger partial charge in [0.15, 0.2) is 11.5 Å². The second-order valence-corrected chi connectivity index (χ2v) is 6.26. The highest BCUT2D eigenvalue weighted by atomic mass is 35.5. The maximum atomic E-state index is 12.0. The number of hydrogen-bond acceptors (Lipinski definition) is 4. The van der Waals surface area contributed by atoms with Crippen molar-refractivity contribution in [2.75, 3.05) is 25.8 Å². The fourth-order valence-electron chi connectivity index (χ4n) is 2.42. The Labute approximate surface area is 151 Å². The van der Waals surface area contributed by atoms with Crippen LogP contribution in [0, 0.1) is 0 Å². The average Bonchev–Trinajstić information content (AvgIpc) is 3.07. The van der Waals surface area contributed by atoms with Crippen molar-refractivity contribution in [3.8, 4) is 11.5 Å². The van der Waals surface area contributed by atoms with Crippen LogP contribution in [-0.2, 0) is 11.3 Å². The van der Waals surface area contributed by atoms with Gasteiger partial charge < -0.3 is 19.7 Å². The third kappa shape index (κ3) is 4.25. The van der Waals surface area contributed by atoms with Crippen LogP contribution < -0.4 is 19.7 Å². The topological polar surface area (TPSA) is 50.8 Å². The molecule has 5 nitrogen and oxygen atoms in total. The zero-order valence-corrected chi connectivity index (χ0v) is 14.8. The molecule has 6 heteroatoms. The fourth-order valence-corrected chi connectivity index (χ4v) is 2.69. The first kappa shape index (κ1) is 17.2. The summed E-state index contributed by atoms with van der Waals surface area (Å²) in [6.07, 6.45) is 3.17. The van der Waals surface area contributed by atoms with E-state index in [2.05, 4.69) is 5.32 Å². The van der Waals surface area contributed by atoms with Crippen molar-refractivity contribution in [3.63, 3.8) is 0 Å². The normalized spacial score (nSPS) is 12.4. The lowest BCUT2D eigenvalue weighted by Gasteiger charge is -2.12. The first-order valence-electron chi connectivity index (χ1n) is 7.84. The summed E-state index contributed by atoms with van der Waals surface area (Å²) in [6.45, 7) is 0.633. The molecule has 2 aromatic rings. The van der Waals surface area contributed by atoms with Crippen LogP contribution in [0.5, 0.6) is 11.5 Å². The maximum Gasteiger partial charge on any atom is 0.244 e. The number of nitrogens with one attached hydrogen (secondary N) is 1. The standard InChI is InChI=1S/C19H19ClN2O3/c1-22(2)15-6-3-13(4-7-15)11-21-18(23)8-5-14-9-16(20)19-17(10-14)24-12-25-19/h3-10H,11-12H2,1-2H3,(H,21,23)/b8-5+. The molecule has 0 aromatic heterocycles. The van der Waals surface area contributed by atoms with E-state index in [4.69, 9.17) is 21.1 Å². The molecule has 0 aliphatic carbocycles. The molecule has 1 N–H and O–H groups in total. The molecule has 0 fully saturated rings. The number of rotatable bonds is 5. The van der Waals surface area contributed by atoms with Crippen molar-refractivity contribution in [3.05, 3.63) is 58.6 Å². The van der Waals surface area contributed by atoms with Crippen molar-refractivity contribution < 1.29 is 14.3 Å². The zero-order chi connectivity index (χ0) is 17.8.